The third kappa shape index (κ3) is 5.19. The van der Waals surface area contributed by atoms with Gasteiger partial charge >= 0.3 is 6.09 Å². The Kier molecular flexibility index (Phi) is 6.68. The van der Waals surface area contributed by atoms with Gasteiger partial charge in [0.05, 0.1) is 47.4 Å². The average Bonchev–Trinajstić information content (AvgIpc) is 3.49. The highest BCUT2D eigenvalue weighted by atomic mass is 32.2. The first-order valence-corrected chi connectivity index (χ1v) is 13.5. The normalized spacial score (nSPS) is 11.5. The van der Waals surface area contributed by atoms with Crippen LogP contribution in [0.3, 0.4) is 0 Å². The molecule has 0 fully saturated rings. The van der Waals surface area contributed by atoms with E-state index in [1.54, 1.807) is 47.4 Å². The third-order valence-corrected chi connectivity index (χ3v) is 6.40. The second kappa shape index (κ2) is 10.1. The summed E-state index contributed by atoms with van der Waals surface area (Å²) in [7, 11) is -0.833. The monoisotopic (exact) mass is 565 g/mol. The topological polar surface area (TPSA) is 186 Å². The van der Waals surface area contributed by atoms with Gasteiger partial charge < -0.3 is 20.1 Å². The van der Waals surface area contributed by atoms with Crippen molar-refractivity contribution in [3.05, 3.63) is 55.1 Å². The fourth-order valence-corrected chi connectivity index (χ4v) is 4.58. The molecule has 0 bridgehead atoms. The van der Waals surface area contributed by atoms with E-state index in [1.165, 1.54) is 31.1 Å². The number of rotatable bonds is 8. The molecule has 5 aromatic rings. The number of nitrogens with zero attached hydrogens (tertiary/aromatic N) is 7. The van der Waals surface area contributed by atoms with Crippen LogP contribution in [0.4, 0.5) is 16.3 Å². The Hall–Kier alpha value is -5.25. The standard InChI is InChI=1S/C24H23N9O6S/c1-31(24(35)36)13-21(34)28-22-16-11-26-17(15-12-27-32-8-4-7-25-23(15)32)10-19(16)33(29-22)18-6-5-14(9-20(18)39-2)30-40(3,37)38/h4-12,30H,13H2,1-3H3,(H,35,36)(H,28,29,34). The number of pyridine rings is 1. The lowest BCUT2D eigenvalue weighted by atomic mass is 10.2. The first-order valence-electron chi connectivity index (χ1n) is 11.6. The quantitative estimate of drug-likeness (QED) is 0.251. The van der Waals surface area contributed by atoms with Crippen molar-refractivity contribution in [2.45, 2.75) is 0 Å². The average molecular weight is 566 g/mol. The van der Waals surface area contributed by atoms with Gasteiger partial charge in [-0.15, -0.1) is 5.10 Å². The Labute approximate surface area is 227 Å². The summed E-state index contributed by atoms with van der Waals surface area (Å²) in [5, 5.41) is 21.1. The van der Waals surface area contributed by atoms with Gasteiger partial charge in [-0.1, -0.05) is 0 Å². The molecule has 4 heterocycles. The number of ether oxygens (including phenoxy) is 1. The summed E-state index contributed by atoms with van der Waals surface area (Å²) in [4.78, 5) is 33.6. The molecular formula is C24H23N9O6S. The number of sulfonamides is 1. The molecular weight excluding hydrogens is 542 g/mol. The number of nitrogens with one attached hydrogen (secondary N) is 2. The molecule has 0 saturated heterocycles. The van der Waals surface area contributed by atoms with Crippen LogP contribution in [0, 0.1) is 0 Å². The van der Waals surface area contributed by atoms with Crippen LogP contribution in [0.5, 0.6) is 5.75 Å². The van der Waals surface area contributed by atoms with E-state index in [-0.39, 0.29) is 17.3 Å². The Morgan fingerprint density at radius 3 is 2.70 bits per heavy atom. The van der Waals surface area contributed by atoms with Crippen molar-refractivity contribution in [2.24, 2.45) is 0 Å². The molecule has 0 aliphatic heterocycles. The van der Waals surface area contributed by atoms with Crippen LogP contribution >= 0.6 is 0 Å². The fraction of sp³-hybridized carbons (Fsp3) is 0.167. The molecule has 2 amide bonds. The highest BCUT2D eigenvalue weighted by Gasteiger charge is 2.21. The molecule has 15 nitrogen and oxygen atoms in total. The zero-order chi connectivity index (χ0) is 28.6. The number of amides is 2. The number of carbonyl (C=O) groups is 2. The van der Waals surface area contributed by atoms with Crippen LogP contribution in [0.1, 0.15) is 0 Å². The van der Waals surface area contributed by atoms with Crippen LogP contribution in [0.2, 0.25) is 0 Å². The van der Waals surface area contributed by atoms with E-state index in [4.69, 9.17) is 9.84 Å². The van der Waals surface area contributed by atoms with Crippen LogP contribution in [0.25, 0.3) is 33.5 Å². The number of carboxylic acid groups (broad SMARTS) is 1. The number of carbonyl (C=O) groups excluding carboxylic acids is 1. The van der Waals surface area contributed by atoms with Crippen molar-refractivity contribution in [3.8, 4) is 22.7 Å². The summed E-state index contributed by atoms with van der Waals surface area (Å²) < 4.78 is 34.5. The molecule has 0 saturated carbocycles. The van der Waals surface area contributed by atoms with Crippen molar-refractivity contribution in [2.75, 3.05) is 37.0 Å². The molecule has 206 valence electrons. The number of aromatic nitrogens is 6. The lowest BCUT2D eigenvalue weighted by molar-refractivity contribution is -0.116. The highest BCUT2D eigenvalue weighted by Crippen LogP contribution is 2.34. The van der Waals surface area contributed by atoms with Crippen molar-refractivity contribution in [1.82, 2.24) is 34.3 Å². The summed E-state index contributed by atoms with van der Waals surface area (Å²) in [6.45, 7) is -0.418. The lowest BCUT2D eigenvalue weighted by Gasteiger charge is -2.12. The zero-order valence-corrected chi connectivity index (χ0v) is 22.2. The molecule has 5 rings (SSSR count). The fourth-order valence-electron chi connectivity index (χ4n) is 4.03. The van der Waals surface area contributed by atoms with Gasteiger partial charge in [0, 0.05) is 31.7 Å². The summed E-state index contributed by atoms with van der Waals surface area (Å²) in [5.74, 6) is -0.180. The van der Waals surface area contributed by atoms with Gasteiger partial charge in [-0.05, 0) is 24.3 Å². The lowest BCUT2D eigenvalue weighted by Crippen LogP contribution is -2.33. The summed E-state index contributed by atoms with van der Waals surface area (Å²) in [6, 6.07) is 8.15. The van der Waals surface area contributed by atoms with E-state index in [2.05, 4.69) is 30.2 Å². The number of hydrogen-bond donors (Lipinski definition) is 3. The van der Waals surface area contributed by atoms with Gasteiger partial charge in [0.15, 0.2) is 11.5 Å². The molecule has 4 aromatic heterocycles. The summed E-state index contributed by atoms with van der Waals surface area (Å²) in [6.07, 6.45) is 6.34. The summed E-state index contributed by atoms with van der Waals surface area (Å²) in [5.41, 5.74) is 3.00. The van der Waals surface area contributed by atoms with Gasteiger partial charge in [-0.3, -0.25) is 14.5 Å². The Bertz CT molecular complexity index is 1880. The predicted molar refractivity (Wildman–Crippen MR) is 145 cm³/mol. The van der Waals surface area contributed by atoms with Gasteiger partial charge in [-0.25, -0.2) is 27.4 Å². The molecule has 3 N–H and O–H groups in total. The number of fused-ring (bicyclic) bond motifs is 2. The van der Waals surface area contributed by atoms with Gasteiger partial charge in [-0.2, -0.15) is 5.10 Å². The van der Waals surface area contributed by atoms with E-state index in [0.29, 0.717) is 33.5 Å². The molecule has 16 heteroatoms. The second-order valence-electron chi connectivity index (χ2n) is 8.74. The molecule has 1 aromatic carbocycles. The maximum absolute atomic E-state index is 12.6. The molecule has 40 heavy (non-hydrogen) atoms. The van der Waals surface area contributed by atoms with Gasteiger partial charge in [0.2, 0.25) is 15.9 Å². The van der Waals surface area contributed by atoms with Gasteiger partial charge in [0.1, 0.15) is 18.0 Å². The van der Waals surface area contributed by atoms with E-state index < -0.39 is 28.6 Å². The van der Waals surface area contributed by atoms with Crippen molar-refractivity contribution < 1.29 is 27.9 Å². The van der Waals surface area contributed by atoms with E-state index in [9.17, 15) is 18.0 Å². The maximum Gasteiger partial charge on any atom is 0.407 e. The molecule has 0 aliphatic rings. The maximum atomic E-state index is 12.6. The van der Waals surface area contributed by atoms with E-state index in [0.717, 1.165) is 11.2 Å². The smallest absolute Gasteiger partial charge is 0.407 e. The van der Waals surface area contributed by atoms with E-state index >= 15 is 0 Å². The largest absolute Gasteiger partial charge is 0.494 e. The molecule has 0 atom stereocenters. The number of hydrogen-bond acceptors (Lipinski definition) is 9. The Morgan fingerprint density at radius 2 is 1.98 bits per heavy atom. The van der Waals surface area contributed by atoms with Crippen molar-refractivity contribution in [1.29, 1.82) is 0 Å². The summed E-state index contributed by atoms with van der Waals surface area (Å²) >= 11 is 0. The zero-order valence-electron chi connectivity index (χ0n) is 21.4. The first kappa shape index (κ1) is 26.4. The van der Waals surface area contributed by atoms with Crippen LogP contribution in [-0.4, -0.2) is 86.7 Å². The molecule has 0 unspecified atom stereocenters. The van der Waals surface area contributed by atoms with Gasteiger partial charge in [0.25, 0.3) is 0 Å². The number of likely N-dealkylation sites (N-methyl/N-ethyl adjacent to an activating group) is 1. The molecule has 0 aliphatic carbocycles. The highest BCUT2D eigenvalue weighted by molar-refractivity contribution is 7.92. The van der Waals surface area contributed by atoms with Crippen LogP contribution < -0.4 is 14.8 Å². The predicted octanol–water partition coefficient (Wildman–Crippen LogP) is 2.06. The first-order chi connectivity index (χ1) is 19.0. The number of benzene rings is 1. The van der Waals surface area contributed by atoms with Crippen LogP contribution in [0.15, 0.2) is 55.1 Å². The Morgan fingerprint density at radius 1 is 1.18 bits per heavy atom. The SMILES string of the molecule is COc1cc(NS(C)(=O)=O)ccc1-n1nc(NC(=O)CN(C)C(=O)O)c2cnc(-c3cnn4cccnc34)cc21. The second-order valence-corrected chi connectivity index (χ2v) is 10.5. The number of anilines is 2. The minimum Gasteiger partial charge on any atom is -0.494 e. The van der Waals surface area contributed by atoms with Crippen molar-refractivity contribution in [3.63, 3.8) is 0 Å². The Balaban J connectivity index is 1.65. The molecule has 0 radical (unpaired) electrons. The van der Waals surface area contributed by atoms with E-state index in [1.807, 2.05) is 0 Å². The van der Waals surface area contributed by atoms with Crippen molar-refractivity contribution >= 4 is 50.1 Å². The van der Waals surface area contributed by atoms with Crippen LogP contribution in [-0.2, 0) is 14.8 Å². The molecule has 0 spiro atoms. The minimum atomic E-state index is -3.53. The number of methoxy groups -OCH3 is 1. The minimum absolute atomic E-state index is 0.135. The third-order valence-electron chi connectivity index (χ3n) is 5.80.